The van der Waals surface area contributed by atoms with Crippen molar-refractivity contribution in [1.29, 1.82) is 0 Å². The summed E-state index contributed by atoms with van der Waals surface area (Å²) in [6.45, 7) is 0. The van der Waals surface area contributed by atoms with Gasteiger partial charge < -0.3 is 10.1 Å². The van der Waals surface area contributed by atoms with Crippen molar-refractivity contribution in [2.45, 2.75) is 0 Å². The van der Waals surface area contributed by atoms with Gasteiger partial charge >= 0.3 is 0 Å². The fourth-order valence-electron chi connectivity index (χ4n) is 3.20. The highest BCUT2D eigenvalue weighted by atomic mass is 16.5. The van der Waals surface area contributed by atoms with E-state index >= 15 is 0 Å². The minimum absolute atomic E-state index is 0.660. The van der Waals surface area contributed by atoms with Crippen molar-refractivity contribution in [3.05, 3.63) is 72.9 Å². The largest absolute Gasteiger partial charge is 0.497 e. The number of H-pyrrole nitrogens is 1. The Bertz CT molecular complexity index is 1280. The van der Waals surface area contributed by atoms with Crippen LogP contribution in [0.3, 0.4) is 0 Å². The van der Waals surface area contributed by atoms with Gasteiger partial charge in [0, 0.05) is 22.0 Å². The number of nitrogens with one attached hydrogen (secondary N) is 2. The molecule has 0 aliphatic rings. The first-order chi connectivity index (χ1) is 13.8. The molecule has 0 fully saturated rings. The van der Waals surface area contributed by atoms with E-state index in [4.69, 9.17) is 14.7 Å². The number of methoxy groups -OCH3 is 1. The van der Waals surface area contributed by atoms with E-state index in [9.17, 15) is 0 Å². The Morgan fingerprint density at radius 3 is 2.64 bits per heavy atom. The molecule has 28 heavy (non-hydrogen) atoms. The first-order valence-electron chi connectivity index (χ1n) is 8.91. The van der Waals surface area contributed by atoms with E-state index in [0.717, 1.165) is 44.6 Å². The summed E-state index contributed by atoms with van der Waals surface area (Å²) in [5.74, 6) is 2.23. The summed E-state index contributed by atoms with van der Waals surface area (Å²) in [6, 6.07) is 21.8. The zero-order valence-corrected chi connectivity index (χ0v) is 15.2. The van der Waals surface area contributed by atoms with E-state index < -0.39 is 0 Å². The van der Waals surface area contributed by atoms with Gasteiger partial charge in [-0.05, 0) is 54.6 Å². The van der Waals surface area contributed by atoms with Crippen LogP contribution < -0.4 is 10.1 Å². The molecule has 0 radical (unpaired) electrons. The molecule has 136 valence electrons. The maximum absolute atomic E-state index is 5.25. The second kappa shape index (κ2) is 6.66. The maximum atomic E-state index is 5.25. The van der Waals surface area contributed by atoms with Crippen molar-refractivity contribution >= 4 is 33.3 Å². The van der Waals surface area contributed by atoms with Crippen LogP contribution in [0, 0.1) is 0 Å². The van der Waals surface area contributed by atoms with Crippen molar-refractivity contribution < 1.29 is 4.74 Å². The molecule has 5 aromatic rings. The molecule has 0 saturated carbocycles. The van der Waals surface area contributed by atoms with E-state index in [1.54, 1.807) is 13.3 Å². The number of aromatic amines is 1. The van der Waals surface area contributed by atoms with Gasteiger partial charge in [0.2, 0.25) is 0 Å². The summed E-state index contributed by atoms with van der Waals surface area (Å²) < 4.78 is 5.25. The van der Waals surface area contributed by atoms with Crippen LogP contribution in [0.5, 0.6) is 5.75 Å². The van der Waals surface area contributed by atoms with Crippen LogP contribution in [0.15, 0.2) is 72.9 Å². The number of hydrogen-bond acceptors (Lipinski definition) is 5. The van der Waals surface area contributed by atoms with Crippen molar-refractivity contribution in [2.24, 2.45) is 0 Å². The quantitative estimate of drug-likeness (QED) is 0.471. The lowest BCUT2D eigenvalue weighted by atomic mass is 10.1. The normalized spacial score (nSPS) is 11.0. The van der Waals surface area contributed by atoms with Crippen LogP contribution in [-0.4, -0.2) is 27.3 Å². The second-order valence-corrected chi connectivity index (χ2v) is 6.44. The van der Waals surface area contributed by atoms with Gasteiger partial charge in [0.1, 0.15) is 11.6 Å². The first-order valence-corrected chi connectivity index (χ1v) is 8.91. The molecule has 2 heterocycles. The number of benzene rings is 3. The molecule has 0 amide bonds. The van der Waals surface area contributed by atoms with Crippen LogP contribution in [0.4, 0.5) is 11.5 Å². The molecule has 5 rings (SSSR count). The van der Waals surface area contributed by atoms with Gasteiger partial charge in [-0.15, -0.1) is 0 Å². The van der Waals surface area contributed by atoms with Gasteiger partial charge in [-0.25, -0.2) is 9.97 Å². The van der Waals surface area contributed by atoms with E-state index in [-0.39, 0.29) is 0 Å². The number of anilines is 2. The SMILES string of the molecule is COc1ccc(-c2nc(Nc3ccc4[nH]ncc4c3)c3ccccc3n2)cc1. The van der Waals surface area contributed by atoms with Gasteiger partial charge in [0.05, 0.1) is 24.3 Å². The number of nitrogens with zero attached hydrogens (tertiary/aromatic N) is 3. The van der Waals surface area contributed by atoms with Gasteiger partial charge in [-0.1, -0.05) is 12.1 Å². The number of rotatable bonds is 4. The Morgan fingerprint density at radius 1 is 0.929 bits per heavy atom. The highest BCUT2D eigenvalue weighted by Crippen LogP contribution is 2.29. The molecule has 0 aliphatic heterocycles. The van der Waals surface area contributed by atoms with E-state index in [1.807, 2.05) is 66.7 Å². The Hall–Kier alpha value is -3.93. The predicted octanol–water partition coefficient (Wildman–Crippen LogP) is 4.93. The number of ether oxygens (including phenoxy) is 1. The molecule has 6 heteroatoms. The average Bonchev–Trinajstić information content (AvgIpc) is 3.21. The number of fused-ring (bicyclic) bond motifs is 2. The minimum Gasteiger partial charge on any atom is -0.497 e. The lowest BCUT2D eigenvalue weighted by Gasteiger charge is -2.11. The van der Waals surface area contributed by atoms with Crippen LogP contribution in [0.25, 0.3) is 33.2 Å². The Kier molecular flexibility index (Phi) is 3.87. The Morgan fingerprint density at radius 2 is 1.79 bits per heavy atom. The summed E-state index contributed by atoms with van der Waals surface area (Å²) >= 11 is 0. The number of hydrogen-bond donors (Lipinski definition) is 2. The summed E-state index contributed by atoms with van der Waals surface area (Å²) in [4.78, 5) is 9.54. The zero-order valence-electron chi connectivity index (χ0n) is 15.2. The van der Waals surface area contributed by atoms with Gasteiger partial charge in [0.25, 0.3) is 0 Å². The van der Waals surface area contributed by atoms with Crippen molar-refractivity contribution in [2.75, 3.05) is 12.4 Å². The van der Waals surface area contributed by atoms with Crippen molar-refractivity contribution in [1.82, 2.24) is 20.2 Å². The molecule has 0 saturated heterocycles. The third-order valence-electron chi connectivity index (χ3n) is 4.65. The lowest BCUT2D eigenvalue weighted by Crippen LogP contribution is -1.99. The van der Waals surface area contributed by atoms with Gasteiger partial charge in [0.15, 0.2) is 5.82 Å². The smallest absolute Gasteiger partial charge is 0.162 e. The van der Waals surface area contributed by atoms with Crippen molar-refractivity contribution in [3.63, 3.8) is 0 Å². The highest BCUT2D eigenvalue weighted by Gasteiger charge is 2.10. The van der Waals surface area contributed by atoms with Crippen molar-refractivity contribution in [3.8, 4) is 17.1 Å². The maximum Gasteiger partial charge on any atom is 0.162 e. The number of para-hydroxylation sites is 1. The van der Waals surface area contributed by atoms with Crippen LogP contribution >= 0.6 is 0 Å². The molecular formula is C22H17N5O. The molecule has 2 N–H and O–H groups in total. The van der Waals surface area contributed by atoms with E-state index in [2.05, 4.69) is 15.5 Å². The third kappa shape index (κ3) is 2.91. The molecule has 0 unspecified atom stereocenters. The van der Waals surface area contributed by atoms with Gasteiger partial charge in [-0.3, -0.25) is 5.10 Å². The molecule has 2 aromatic heterocycles. The molecule has 6 nitrogen and oxygen atoms in total. The highest BCUT2D eigenvalue weighted by molar-refractivity contribution is 5.93. The van der Waals surface area contributed by atoms with Crippen LogP contribution in [0.2, 0.25) is 0 Å². The van der Waals surface area contributed by atoms with E-state index in [1.165, 1.54) is 0 Å². The summed E-state index contributed by atoms with van der Waals surface area (Å²) in [5.41, 5.74) is 3.76. The topological polar surface area (TPSA) is 75.7 Å². The Balaban J connectivity index is 1.61. The fourth-order valence-corrected chi connectivity index (χ4v) is 3.20. The molecule has 3 aromatic carbocycles. The fraction of sp³-hybridized carbons (Fsp3) is 0.0455. The first kappa shape index (κ1) is 16.3. The van der Waals surface area contributed by atoms with Gasteiger partial charge in [-0.2, -0.15) is 5.10 Å². The molecule has 0 bridgehead atoms. The molecular weight excluding hydrogens is 350 g/mol. The standard InChI is InChI=1S/C22H17N5O/c1-28-17-9-6-14(7-10-17)21-25-20-5-3-2-4-18(20)22(26-21)24-16-8-11-19-15(12-16)13-23-27-19/h2-13H,1H3,(H,23,27)(H,24,25,26). The molecule has 0 atom stereocenters. The molecule has 0 aliphatic carbocycles. The average molecular weight is 367 g/mol. The van der Waals surface area contributed by atoms with Crippen LogP contribution in [-0.2, 0) is 0 Å². The summed E-state index contributed by atoms with van der Waals surface area (Å²) in [6.07, 6.45) is 1.81. The Labute approximate surface area is 161 Å². The minimum atomic E-state index is 0.660. The number of aromatic nitrogens is 4. The zero-order chi connectivity index (χ0) is 18.9. The summed E-state index contributed by atoms with van der Waals surface area (Å²) in [5, 5.41) is 12.5. The second-order valence-electron chi connectivity index (χ2n) is 6.44. The third-order valence-corrected chi connectivity index (χ3v) is 4.65. The monoisotopic (exact) mass is 367 g/mol. The predicted molar refractivity (Wildman–Crippen MR) is 111 cm³/mol. The lowest BCUT2D eigenvalue weighted by molar-refractivity contribution is 0.415. The van der Waals surface area contributed by atoms with E-state index in [0.29, 0.717) is 5.82 Å². The van der Waals surface area contributed by atoms with Crippen LogP contribution in [0.1, 0.15) is 0 Å². The molecule has 0 spiro atoms. The summed E-state index contributed by atoms with van der Waals surface area (Å²) in [7, 11) is 1.65.